The van der Waals surface area contributed by atoms with Crippen molar-refractivity contribution in [2.24, 2.45) is 4.99 Å². The molecule has 0 saturated carbocycles. The summed E-state index contributed by atoms with van der Waals surface area (Å²) >= 11 is 6.80. The molecule has 0 atom stereocenters. The molecule has 126 valence electrons. The van der Waals surface area contributed by atoms with Crippen molar-refractivity contribution in [2.75, 3.05) is 16.8 Å². The van der Waals surface area contributed by atoms with Gasteiger partial charge in [0, 0.05) is 20.8 Å². The molecule has 0 aliphatic rings. The summed E-state index contributed by atoms with van der Waals surface area (Å²) in [4.78, 5) is 12.7. The first kappa shape index (κ1) is 17.4. The lowest BCUT2D eigenvalue weighted by Gasteiger charge is -2.11. The van der Waals surface area contributed by atoms with Gasteiger partial charge in [0.05, 0.1) is 11.3 Å². The number of nitrogens with two attached hydrogens (primary N) is 2. The Morgan fingerprint density at radius 2 is 1.48 bits per heavy atom. The Balaban J connectivity index is 1.94. The predicted molar refractivity (Wildman–Crippen MR) is 110 cm³/mol. The van der Waals surface area contributed by atoms with Gasteiger partial charge in [-0.3, -0.25) is 4.99 Å². The molecule has 0 aliphatic carbocycles. The number of hydrogen-bond acceptors (Lipinski definition) is 6. The van der Waals surface area contributed by atoms with Gasteiger partial charge in [-0.1, -0.05) is 31.9 Å². The van der Waals surface area contributed by atoms with E-state index in [1.807, 2.05) is 48.5 Å². The number of aromatic nitrogens is 2. The van der Waals surface area contributed by atoms with Gasteiger partial charge >= 0.3 is 0 Å². The summed E-state index contributed by atoms with van der Waals surface area (Å²) in [5.41, 5.74) is 13.9. The second kappa shape index (κ2) is 7.62. The molecule has 6 nitrogen and oxygen atoms in total. The van der Waals surface area contributed by atoms with Gasteiger partial charge in [0.15, 0.2) is 0 Å². The van der Waals surface area contributed by atoms with E-state index in [1.165, 1.54) is 0 Å². The zero-order chi connectivity index (χ0) is 17.8. The monoisotopic (exact) mass is 460 g/mol. The van der Waals surface area contributed by atoms with Crippen LogP contribution in [0.25, 0.3) is 0 Å². The number of nitrogen functional groups attached to an aromatic ring is 2. The summed E-state index contributed by atoms with van der Waals surface area (Å²) < 4.78 is 1.97. The van der Waals surface area contributed by atoms with Crippen molar-refractivity contribution in [3.8, 4) is 0 Å². The lowest BCUT2D eigenvalue weighted by atomic mass is 10.2. The molecular weight excluding hydrogens is 448 g/mol. The Bertz CT molecular complexity index is 908. The quantitative estimate of drug-likeness (QED) is 0.490. The predicted octanol–water partition coefficient (Wildman–Crippen LogP) is 4.66. The highest BCUT2D eigenvalue weighted by molar-refractivity contribution is 9.10. The Hall–Kier alpha value is -2.45. The molecule has 0 radical (unpaired) electrons. The molecule has 0 unspecified atom stereocenters. The van der Waals surface area contributed by atoms with Crippen LogP contribution in [0.2, 0.25) is 0 Å². The summed E-state index contributed by atoms with van der Waals surface area (Å²) in [5.74, 6) is 0.846. The molecule has 0 spiro atoms. The lowest BCUT2D eigenvalue weighted by Crippen LogP contribution is -2.08. The van der Waals surface area contributed by atoms with E-state index in [0.29, 0.717) is 11.4 Å². The third kappa shape index (κ3) is 4.55. The molecule has 3 aromatic rings. The van der Waals surface area contributed by atoms with Crippen molar-refractivity contribution in [1.29, 1.82) is 0 Å². The van der Waals surface area contributed by atoms with Gasteiger partial charge in [-0.2, -0.15) is 9.97 Å². The van der Waals surface area contributed by atoms with Gasteiger partial charge in [0.2, 0.25) is 5.95 Å². The maximum absolute atomic E-state index is 6.01. The van der Waals surface area contributed by atoms with Crippen LogP contribution in [0, 0.1) is 0 Å². The summed E-state index contributed by atoms with van der Waals surface area (Å²) in [7, 11) is 0. The second-order valence-corrected chi connectivity index (χ2v) is 6.93. The van der Waals surface area contributed by atoms with Gasteiger partial charge in [0.25, 0.3) is 0 Å². The average Bonchev–Trinajstić information content (AvgIpc) is 2.57. The highest BCUT2D eigenvalue weighted by atomic mass is 79.9. The first-order valence-electron chi connectivity index (χ1n) is 7.26. The average molecular weight is 462 g/mol. The number of halogens is 2. The molecule has 0 saturated heterocycles. The highest BCUT2D eigenvalue weighted by Crippen LogP contribution is 2.24. The standard InChI is InChI=1S/C17H14Br2N6/c18-10-1-5-12(6-2-10)22-9-14-15(20)24-17(21)25-16(14)23-13-7-3-11(19)4-8-13/h1-9H,(H5,20,21,23,24,25). The summed E-state index contributed by atoms with van der Waals surface area (Å²) in [6.07, 6.45) is 1.62. The Kier molecular flexibility index (Phi) is 5.30. The Morgan fingerprint density at radius 1 is 0.880 bits per heavy atom. The molecule has 1 heterocycles. The van der Waals surface area contributed by atoms with Crippen LogP contribution in [0.5, 0.6) is 0 Å². The van der Waals surface area contributed by atoms with Crippen LogP contribution in [0.15, 0.2) is 62.5 Å². The van der Waals surface area contributed by atoms with Gasteiger partial charge in [-0.05, 0) is 48.5 Å². The zero-order valence-electron chi connectivity index (χ0n) is 12.9. The summed E-state index contributed by atoms with van der Waals surface area (Å²) in [5, 5.41) is 3.20. The summed E-state index contributed by atoms with van der Waals surface area (Å²) in [6, 6.07) is 15.3. The van der Waals surface area contributed by atoms with Crippen LogP contribution >= 0.6 is 31.9 Å². The smallest absolute Gasteiger partial charge is 0.223 e. The molecular formula is C17H14Br2N6. The first-order valence-corrected chi connectivity index (χ1v) is 8.85. The highest BCUT2D eigenvalue weighted by Gasteiger charge is 2.10. The molecule has 0 fully saturated rings. The molecule has 2 aromatic carbocycles. The molecule has 0 bridgehead atoms. The van der Waals surface area contributed by atoms with E-state index in [9.17, 15) is 0 Å². The van der Waals surface area contributed by atoms with Crippen molar-refractivity contribution in [2.45, 2.75) is 0 Å². The van der Waals surface area contributed by atoms with Crippen LogP contribution in [-0.4, -0.2) is 16.2 Å². The Morgan fingerprint density at radius 3 is 2.12 bits per heavy atom. The molecule has 25 heavy (non-hydrogen) atoms. The minimum absolute atomic E-state index is 0.0953. The molecule has 0 amide bonds. The summed E-state index contributed by atoms with van der Waals surface area (Å²) in [6.45, 7) is 0. The van der Waals surface area contributed by atoms with Crippen molar-refractivity contribution >= 4 is 67.0 Å². The number of rotatable bonds is 4. The van der Waals surface area contributed by atoms with Gasteiger partial charge in [0.1, 0.15) is 11.6 Å². The van der Waals surface area contributed by atoms with Crippen LogP contribution in [0.1, 0.15) is 5.56 Å². The van der Waals surface area contributed by atoms with E-state index in [-0.39, 0.29) is 11.8 Å². The van der Waals surface area contributed by atoms with E-state index in [1.54, 1.807) is 6.21 Å². The van der Waals surface area contributed by atoms with Gasteiger partial charge < -0.3 is 16.8 Å². The lowest BCUT2D eigenvalue weighted by molar-refractivity contribution is 1.19. The Labute approximate surface area is 161 Å². The fraction of sp³-hybridized carbons (Fsp3) is 0. The topological polar surface area (TPSA) is 102 Å². The number of benzene rings is 2. The number of aliphatic imine (C=N–C) groups is 1. The molecule has 3 rings (SSSR count). The van der Waals surface area contributed by atoms with Crippen LogP contribution in [0.3, 0.4) is 0 Å². The molecule has 5 N–H and O–H groups in total. The normalized spacial score (nSPS) is 11.0. The van der Waals surface area contributed by atoms with E-state index in [4.69, 9.17) is 11.5 Å². The minimum atomic E-state index is 0.0953. The number of hydrogen-bond donors (Lipinski definition) is 3. The number of nitrogens with one attached hydrogen (secondary N) is 1. The number of anilines is 4. The fourth-order valence-corrected chi connectivity index (χ4v) is 2.59. The van der Waals surface area contributed by atoms with E-state index in [2.05, 4.69) is 52.1 Å². The van der Waals surface area contributed by atoms with Crippen LogP contribution < -0.4 is 16.8 Å². The van der Waals surface area contributed by atoms with E-state index >= 15 is 0 Å². The molecule has 0 aliphatic heterocycles. The zero-order valence-corrected chi connectivity index (χ0v) is 16.1. The number of nitrogens with zero attached hydrogens (tertiary/aromatic N) is 3. The van der Waals surface area contributed by atoms with Crippen LogP contribution in [-0.2, 0) is 0 Å². The van der Waals surface area contributed by atoms with Crippen LogP contribution in [0.4, 0.5) is 29.0 Å². The van der Waals surface area contributed by atoms with Gasteiger partial charge in [-0.25, -0.2) is 0 Å². The molecule has 1 aromatic heterocycles. The third-order valence-electron chi connectivity index (χ3n) is 3.27. The SMILES string of the molecule is Nc1nc(N)c(C=Nc2ccc(Br)cc2)c(Nc2ccc(Br)cc2)n1. The largest absolute Gasteiger partial charge is 0.383 e. The van der Waals surface area contributed by atoms with Crippen molar-refractivity contribution < 1.29 is 0 Å². The van der Waals surface area contributed by atoms with E-state index in [0.717, 1.165) is 20.3 Å². The fourth-order valence-electron chi connectivity index (χ4n) is 2.06. The van der Waals surface area contributed by atoms with Crippen molar-refractivity contribution in [3.05, 3.63) is 63.0 Å². The minimum Gasteiger partial charge on any atom is -0.383 e. The third-order valence-corrected chi connectivity index (χ3v) is 4.33. The van der Waals surface area contributed by atoms with Crippen molar-refractivity contribution in [3.63, 3.8) is 0 Å². The van der Waals surface area contributed by atoms with Crippen molar-refractivity contribution in [1.82, 2.24) is 9.97 Å². The second-order valence-electron chi connectivity index (χ2n) is 5.10. The maximum atomic E-state index is 6.01. The van der Waals surface area contributed by atoms with Gasteiger partial charge in [-0.15, -0.1) is 0 Å². The van der Waals surface area contributed by atoms with E-state index < -0.39 is 0 Å². The molecule has 8 heteroatoms. The maximum Gasteiger partial charge on any atom is 0.223 e. The first-order chi connectivity index (χ1) is 12.0.